The van der Waals surface area contributed by atoms with Crippen LogP contribution in [0, 0.1) is 6.92 Å². The van der Waals surface area contributed by atoms with E-state index in [0.717, 1.165) is 12.1 Å². The predicted molar refractivity (Wildman–Crippen MR) is 71.0 cm³/mol. The van der Waals surface area contributed by atoms with E-state index in [1.165, 1.54) is 5.56 Å². The van der Waals surface area contributed by atoms with Crippen molar-refractivity contribution in [3.8, 4) is 0 Å². The number of hydrogen-bond donors (Lipinski definition) is 2. The second kappa shape index (κ2) is 7.07. The molecule has 0 aliphatic heterocycles. The summed E-state index contributed by atoms with van der Waals surface area (Å²) in [4.78, 5) is 11.7. The molecule has 0 aromatic heterocycles. The molecule has 0 radical (unpaired) electrons. The van der Waals surface area contributed by atoms with Crippen molar-refractivity contribution in [2.75, 3.05) is 13.1 Å². The first-order valence-corrected chi connectivity index (χ1v) is 6.18. The average Bonchev–Trinajstić information content (AvgIpc) is 2.30. The van der Waals surface area contributed by atoms with Crippen LogP contribution in [-0.2, 0) is 11.2 Å². The Bertz CT molecular complexity index is 363. The van der Waals surface area contributed by atoms with Crippen LogP contribution in [0.4, 0.5) is 0 Å². The van der Waals surface area contributed by atoms with Crippen LogP contribution in [-0.4, -0.2) is 25.0 Å². The van der Waals surface area contributed by atoms with Gasteiger partial charge in [0.25, 0.3) is 0 Å². The fourth-order valence-corrected chi connectivity index (χ4v) is 1.73. The molecule has 0 spiro atoms. The second-order valence-corrected chi connectivity index (χ2v) is 4.37. The minimum Gasteiger partial charge on any atom is -0.354 e. The third kappa shape index (κ3) is 5.00. The highest BCUT2D eigenvalue weighted by atomic mass is 16.1. The molecule has 0 aliphatic rings. The molecule has 0 bridgehead atoms. The number of benzene rings is 1. The second-order valence-electron chi connectivity index (χ2n) is 4.37. The molecule has 0 heterocycles. The van der Waals surface area contributed by atoms with Gasteiger partial charge >= 0.3 is 0 Å². The fourth-order valence-electron chi connectivity index (χ4n) is 1.73. The molecule has 1 aromatic carbocycles. The highest BCUT2D eigenvalue weighted by Gasteiger charge is 2.06. The molecule has 1 aromatic rings. The normalized spacial score (nSPS) is 12.2. The number of carbonyl (C=O) groups is 1. The summed E-state index contributed by atoms with van der Waals surface area (Å²) in [6, 6.07) is 8.31. The van der Waals surface area contributed by atoms with Crippen molar-refractivity contribution in [2.24, 2.45) is 0 Å². The number of amides is 1. The van der Waals surface area contributed by atoms with Crippen molar-refractivity contribution in [3.05, 3.63) is 35.4 Å². The highest BCUT2D eigenvalue weighted by Crippen LogP contribution is 2.07. The Kier molecular flexibility index (Phi) is 5.70. The van der Waals surface area contributed by atoms with Crippen LogP contribution in [0.3, 0.4) is 0 Å². The van der Waals surface area contributed by atoms with E-state index < -0.39 is 0 Å². The first-order valence-electron chi connectivity index (χ1n) is 6.18. The summed E-state index contributed by atoms with van der Waals surface area (Å²) in [7, 11) is 0. The van der Waals surface area contributed by atoms with Gasteiger partial charge in [-0.2, -0.15) is 0 Å². The number of carbonyl (C=O) groups excluding carboxylic acids is 1. The van der Waals surface area contributed by atoms with E-state index in [1.807, 2.05) is 31.2 Å². The van der Waals surface area contributed by atoms with E-state index in [9.17, 15) is 4.79 Å². The number of likely N-dealkylation sites (N-methyl/N-ethyl adjacent to an activating group) is 1. The largest absolute Gasteiger partial charge is 0.354 e. The predicted octanol–water partition coefficient (Wildman–Crippen LogP) is 1.65. The van der Waals surface area contributed by atoms with Gasteiger partial charge in [0.15, 0.2) is 0 Å². The van der Waals surface area contributed by atoms with Gasteiger partial charge in [0.2, 0.25) is 5.91 Å². The highest BCUT2D eigenvalue weighted by molar-refractivity contribution is 5.78. The molecule has 1 rings (SSSR count). The zero-order valence-corrected chi connectivity index (χ0v) is 10.9. The smallest absolute Gasteiger partial charge is 0.224 e. The molecule has 0 saturated carbocycles. The monoisotopic (exact) mass is 234 g/mol. The molecule has 1 amide bonds. The zero-order valence-electron chi connectivity index (χ0n) is 10.9. The zero-order chi connectivity index (χ0) is 12.7. The van der Waals surface area contributed by atoms with E-state index in [4.69, 9.17) is 0 Å². The van der Waals surface area contributed by atoms with Crippen molar-refractivity contribution in [1.29, 1.82) is 0 Å². The molecule has 1 atom stereocenters. The van der Waals surface area contributed by atoms with E-state index in [1.54, 1.807) is 0 Å². The Morgan fingerprint density at radius 2 is 2.06 bits per heavy atom. The fraction of sp³-hybridized carbons (Fsp3) is 0.500. The lowest BCUT2D eigenvalue weighted by Crippen LogP contribution is -2.39. The molecule has 0 unspecified atom stereocenters. The summed E-state index contributed by atoms with van der Waals surface area (Å²) in [5, 5.41) is 6.20. The van der Waals surface area contributed by atoms with Gasteiger partial charge in [-0.1, -0.05) is 31.2 Å². The quantitative estimate of drug-likeness (QED) is 0.786. The lowest BCUT2D eigenvalue weighted by Gasteiger charge is -2.13. The maximum Gasteiger partial charge on any atom is 0.224 e. The van der Waals surface area contributed by atoms with Gasteiger partial charge in [0.1, 0.15) is 0 Å². The third-order valence-electron chi connectivity index (χ3n) is 2.77. The van der Waals surface area contributed by atoms with Gasteiger partial charge in [0.05, 0.1) is 6.42 Å². The van der Waals surface area contributed by atoms with Gasteiger partial charge < -0.3 is 10.6 Å². The number of rotatable bonds is 6. The lowest BCUT2D eigenvalue weighted by molar-refractivity contribution is -0.120. The van der Waals surface area contributed by atoms with E-state index in [0.29, 0.717) is 19.0 Å². The van der Waals surface area contributed by atoms with Crippen LogP contribution in [0.15, 0.2) is 24.3 Å². The van der Waals surface area contributed by atoms with Crippen molar-refractivity contribution in [2.45, 2.75) is 33.2 Å². The molecule has 0 saturated heterocycles. The third-order valence-corrected chi connectivity index (χ3v) is 2.77. The van der Waals surface area contributed by atoms with E-state index >= 15 is 0 Å². The summed E-state index contributed by atoms with van der Waals surface area (Å²) in [6.07, 6.45) is 0.464. The van der Waals surface area contributed by atoms with Crippen LogP contribution in [0.1, 0.15) is 25.0 Å². The number of hydrogen-bond acceptors (Lipinski definition) is 2. The minimum atomic E-state index is 0.0871. The van der Waals surface area contributed by atoms with Gasteiger partial charge in [-0.3, -0.25) is 4.79 Å². The molecule has 3 heteroatoms. The van der Waals surface area contributed by atoms with Crippen LogP contribution in [0.5, 0.6) is 0 Å². The van der Waals surface area contributed by atoms with E-state index in [-0.39, 0.29) is 5.91 Å². The van der Waals surface area contributed by atoms with Crippen molar-refractivity contribution >= 4 is 5.91 Å². The Balaban J connectivity index is 2.37. The molecule has 2 N–H and O–H groups in total. The van der Waals surface area contributed by atoms with Crippen LogP contribution < -0.4 is 10.6 Å². The van der Waals surface area contributed by atoms with Crippen LogP contribution in [0.25, 0.3) is 0 Å². The van der Waals surface area contributed by atoms with Crippen molar-refractivity contribution < 1.29 is 4.79 Å². The minimum absolute atomic E-state index is 0.0871. The Morgan fingerprint density at radius 1 is 1.35 bits per heavy atom. The summed E-state index contributed by atoms with van der Waals surface area (Å²) in [6.45, 7) is 7.76. The first-order chi connectivity index (χ1) is 8.13. The first kappa shape index (κ1) is 13.7. The van der Waals surface area contributed by atoms with Crippen molar-refractivity contribution in [3.63, 3.8) is 0 Å². The topological polar surface area (TPSA) is 41.1 Å². The molecular weight excluding hydrogens is 212 g/mol. The van der Waals surface area contributed by atoms with Gasteiger partial charge in [-0.05, 0) is 31.5 Å². The average molecular weight is 234 g/mol. The maximum atomic E-state index is 11.7. The van der Waals surface area contributed by atoms with Crippen molar-refractivity contribution in [1.82, 2.24) is 10.6 Å². The standard InChI is InChI=1S/C14H22N2O/c1-4-15-12(3)10-16-14(17)9-13-8-6-5-7-11(13)2/h5-8,12,15H,4,9-10H2,1-3H3,(H,16,17)/t12-/m1/s1. The number of nitrogens with one attached hydrogen (secondary N) is 2. The summed E-state index contributed by atoms with van der Waals surface area (Å²) in [5.74, 6) is 0.0871. The van der Waals surface area contributed by atoms with Crippen LogP contribution in [0.2, 0.25) is 0 Å². The molecule has 3 nitrogen and oxygen atoms in total. The SMILES string of the molecule is CCN[C@H](C)CNC(=O)Cc1ccccc1C. The molecule has 94 valence electrons. The van der Waals surface area contributed by atoms with Gasteiger partial charge in [0, 0.05) is 12.6 Å². The Hall–Kier alpha value is -1.35. The molecule has 17 heavy (non-hydrogen) atoms. The maximum absolute atomic E-state index is 11.7. The molecule has 0 aliphatic carbocycles. The van der Waals surface area contributed by atoms with Crippen LogP contribution >= 0.6 is 0 Å². The Labute approximate surface area is 104 Å². The van der Waals surface area contributed by atoms with E-state index in [2.05, 4.69) is 24.5 Å². The lowest BCUT2D eigenvalue weighted by atomic mass is 10.1. The van der Waals surface area contributed by atoms with Gasteiger partial charge in [-0.25, -0.2) is 0 Å². The molecular formula is C14H22N2O. The summed E-state index contributed by atoms with van der Waals surface area (Å²) < 4.78 is 0. The number of aryl methyl sites for hydroxylation is 1. The Morgan fingerprint density at radius 3 is 2.71 bits per heavy atom. The summed E-state index contributed by atoms with van der Waals surface area (Å²) in [5.41, 5.74) is 2.27. The molecule has 0 fully saturated rings. The van der Waals surface area contributed by atoms with Gasteiger partial charge in [-0.15, -0.1) is 0 Å². The summed E-state index contributed by atoms with van der Waals surface area (Å²) >= 11 is 0.